The molecule has 25 heavy (non-hydrogen) atoms. The van der Waals surface area contributed by atoms with E-state index in [9.17, 15) is 5.26 Å². The van der Waals surface area contributed by atoms with Crippen LogP contribution in [-0.4, -0.2) is 29.0 Å². The van der Waals surface area contributed by atoms with Gasteiger partial charge in [-0.1, -0.05) is 0 Å². The summed E-state index contributed by atoms with van der Waals surface area (Å²) in [5, 5.41) is 12.4. The van der Waals surface area contributed by atoms with Crippen molar-refractivity contribution in [3.8, 4) is 17.3 Å². The van der Waals surface area contributed by atoms with Crippen LogP contribution in [0.3, 0.4) is 0 Å². The van der Waals surface area contributed by atoms with Gasteiger partial charge in [0.15, 0.2) is 0 Å². The molecule has 2 aromatic heterocycles. The van der Waals surface area contributed by atoms with Gasteiger partial charge < -0.3 is 15.2 Å². The van der Waals surface area contributed by atoms with Crippen LogP contribution in [-0.2, 0) is 0 Å². The van der Waals surface area contributed by atoms with Crippen LogP contribution in [0.4, 0.5) is 17.3 Å². The normalized spacial score (nSPS) is 10.4. The minimum atomic E-state index is 0.522. The lowest BCUT2D eigenvalue weighted by molar-refractivity contribution is 1.13. The summed E-state index contributed by atoms with van der Waals surface area (Å²) in [6, 6.07) is 12.1. The van der Waals surface area contributed by atoms with Crippen LogP contribution in [0.25, 0.3) is 11.3 Å². The topological polar surface area (TPSA) is 80.6 Å². The number of aromatic nitrogens is 3. The van der Waals surface area contributed by atoms with E-state index in [2.05, 4.69) is 26.3 Å². The zero-order valence-corrected chi connectivity index (χ0v) is 14.8. The lowest BCUT2D eigenvalue weighted by atomic mass is 10.1. The maximum Gasteiger partial charge on any atom is 0.227 e. The number of nitriles is 1. The first-order valence-electron chi connectivity index (χ1n) is 7.96. The molecule has 0 aliphatic heterocycles. The number of hydrogen-bond donors (Lipinski definition) is 2. The van der Waals surface area contributed by atoms with E-state index in [0.29, 0.717) is 11.6 Å². The minimum absolute atomic E-state index is 0.522. The number of rotatable bonds is 4. The average molecular weight is 332 g/mol. The molecule has 0 aliphatic carbocycles. The van der Waals surface area contributed by atoms with E-state index in [0.717, 1.165) is 33.9 Å². The van der Waals surface area contributed by atoms with Crippen LogP contribution in [0.15, 0.2) is 36.5 Å². The van der Waals surface area contributed by atoms with Gasteiger partial charge in [-0.05, 0) is 49.7 Å². The van der Waals surface area contributed by atoms with Gasteiger partial charge in [0.2, 0.25) is 5.95 Å². The molecular weight excluding hydrogens is 312 g/mol. The molecule has 2 heterocycles. The second kappa shape index (κ2) is 6.65. The largest absolute Gasteiger partial charge is 0.378 e. The van der Waals surface area contributed by atoms with Crippen LogP contribution in [0, 0.1) is 25.2 Å². The van der Waals surface area contributed by atoms with Crippen molar-refractivity contribution in [3.05, 3.63) is 53.5 Å². The van der Waals surface area contributed by atoms with E-state index in [1.54, 1.807) is 6.20 Å². The minimum Gasteiger partial charge on any atom is -0.378 e. The molecule has 0 bridgehead atoms. The maximum atomic E-state index is 9.18. The predicted octanol–water partition coefficient (Wildman–Crippen LogP) is 3.77. The quantitative estimate of drug-likeness (QED) is 0.760. The van der Waals surface area contributed by atoms with E-state index in [4.69, 9.17) is 0 Å². The van der Waals surface area contributed by atoms with Gasteiger partial charge in [-0.2, -0.15) is 5.26 Å². The molecule has 6 heteroatoms. The number of hydrogen-bond acceptors (Lipinski definition) is 5. The highest BCUT2D eigenvalue weighted by Gasteiger charge is 2.14. The molecule has 6 nitrogen and oxygen atoms in total. The molecule has 3 aromatic rings. The Labute approximate surface area is 147 Å². The molecule has 0 spiro atoms. The number of aromatic amines is 1. The van der Waals surface area contributed by atoms with Crippen LogP contribution in [0.2, 0.25) is 0 Å². The molecule has 0 fully saturated rings. The zero-order chi connectivity index (χ0) is 18.0. The fourth-order valence-electron chi connectivity index (χ4n) is 2.78. The first-order chi connectivity index (χ1) is 12.0. The molecule has 126 valence electrons. The van der Waals surface area contributed by atoms with Gasteiger partial charge in [-0.3, -0.25) is 0 Å². The molecule has 0 aliphatic rings. The summed E-state index contributed by atoms with van der Waals surface area (Å²) in [4.78, 5) is 14.0. The molecule has 2 N–H and O–H groups in total. The molecule has 3 rings (SSSR count). The number of nitrogens with one attached hydrogen (secondary N) is 2. The SMILES string of the molecule is Cc1[nH]c(C#N)c(C)c1-c1ccnc(Nc2ccc(N(C)C)cc2)n1. The Balaban J connectivity index is 1.90. The summed E-state index contributed by atoms with van der Waals surface area (Å²) in [7, 11) is 4.01. The van der Waals surface area contributed by atoms with Gasteiger partial charge >= 0.3 is 0 Å². The first-order valence-corrected chi connectivity index (χ1v) is 7.96. The summed E-state index contributed by atoms with van der Waals surface area (Å²) in [5.74, 6) is 0.522. The van der Waals surface area contributed by atoms with E-state index in [1.165, 1.54) is 0 Å². The fraction of sp³-hybridized carbons (Fsp3) is 0.211. The summed E-state index contributed by atoms with van der Waals surface area (Å²) in [6.45, 7) is 3.87. The van der Waals surface area contributed by atoms with Gasteiger partial charge in [-0.15, -0.1) is 0 Å². The summed E-state index contributed by atoms with van der Waals surface area (Å²) < 4.78 is 0. The second-order valence-electron chi connectivity index (χ2n) is 6.07. The van der Waals surface area contributed by atoms with Crippen LogP contribution in [0.5, 0.6) is 0 Å². The molecule has 0 saturated heterocycles. The van der Waals surface area contributed by atoms with Crippen LogP contribution in [0.1, 0.15) is 17.0 Å². The fourth-order valence-corrected chi connectivity index (χ4v) is 2.78. The predicted molar refractivity (Wildman–Crippen MR) is 100 cm³/mol. The number of nitrogens with zero attached hydrogens (tertiary/aromatic N) is 4. The smallest absolute Gasteiger partial charge is 0.227 e. The Bertz CT molecular complexity index is 932. The van der Waals surface area contributed by atoms with E-state index in [-0.39, 0.29) is 0 Å². The van der Waals surface area contributed by atoms with Crippen LogP contribution < -0.4 is 10.2 Å². The summed E-state index contributed by atoms with van der Waals surface area (Å²) >= 11 is 0. The Morgan fingerprint density at radius 3 is 2.44 bits per heavy atom. The highest BCUT2D eigenvalue weighted by Crippen LogP contribution is 2.28. The van der Waals surface area contributed by atoms with Gasteiger partial charge in [0.05, 0.1) is 5.69 Å². The van der Waals surface area contributed by atoms with Crippen molar-refractivity contribution in [2.24, 2.45) is 0 Å². The number of H-pyrrole nitrogens is 1. The number of anilines is 3. The highest BCUT2D eigenvalue weighted by atomic mass is 15.1. The molecule has 0 unspecified atom stereocenters. The van der Waals surface area contributed by atoms with Crippen LogP contribution >= 0.6 is 0 Å². The number of benzene rings is 1. The number of aryl methyl sites for hydroxylation is 1. The van der Waals surface area contributed by atoms with Crippen molar-refractivity contribution < 1.29 is 0 Å². The lowest BCUT2D eigenvalue weighted by Gasteiger charge is -2.13. The summed E-state index contributed by atoms with van der Waals surface area (Å²) in [5.41, 5.74) is 6.18. The third-order valence-corrected chi connectivity index (χ3v) is 4.10. The van der Waals surface area contributed by atoms with Crippen molar-refractivity contribution in [2.75, 3.05) is 24.3 Å². The van der Waals surface area contributed by atoms with Crippen molar-refractivity contribution in [1.29, 1.82) is 5.26 Å². The Morgan fingerprint density at radius 1 is 1.12 bits per heavy atom. The van der Waals surface area contributed by atoms with Crippen molar-refractivity contribution in [2.45, 2.75) is 13.8 Å². The zero-order valence-electron chi connectivity index (χ0n) is 14.8. The van der Waals surface area contributed by atoms with Gasteiger partial charge in [0, 0.05) is 42.9 Å². The molecular formula is C19H20N6. The van der Waals surface area contributed by atoms with E-state index < -0.39 is 0 Å². The molecule has 1 aromatic carbocycles. The van der Waals surface area contributed by atoms with Gasteiger partial charge in [0.25, 0.3) is 0 Å². The van der Waals surface area contributed by atoms with E-state index in [1.807, 2.05) is 63.2 Å². The second-order valence-corrected chi connectivity index (χ2v) is 6.07. The van der Waals surface area contributed by atoms with Crippen molar-refractivity contribution >= 4 is 17.3 Å². The lowest BCUT2D eigenvalue weighted by Crippen LogP contribution is -2.08. The molecule has 0 atom stereocenters. The Morgan fingerprint density at radius 2 is 1.84 bits per heavy atom. The monoisotopic (exact) mass is 332 g/mol. The molecule has 0 saturated carbocycles. The Hall–Kier alpha value is -3.33. The molecule has 0 amide bonds. The van der Waals surface area contributed by atoms with Crippen molar-refractivity contribution in [1.82, 2.24) is 15.0 Å². The summed E-state index contributed by atoms with van der Waals surface area (Å²) in [6.07, 6.45) is 1.72. The maximum absolute atomic E-state index is 9.18. The third kappa shape index (κ3) is 3.31. The van der Waals surface area contributed by atoms with Crippen molar-refractivity contribution in [3.63, 3.8) is 0 Å². The van der Waals surface area contributed by atoms with Gasteiger partial charge in [0.1, 0.15) is 11.8 Å². The average Bonchev–Trinajstić information content (AvgIpc) is 2.89. The highest BCUT2D eigenvalue weighted by molar-refractivity contribution is 5.70. The first kappa shape index (κ1) is 16.5. The molecule has 0 radical (unpaired) electrons. The van der Waals surface area contributed by atoms with Gasteiger partial charge in [-0.25, -0.2) is 9.97 Å². The standard InChI is InChI=1S/C19H20N6/c1-12-17(11-20)22-13(2)18(12)16-9-10-21-19(24-16)23-14-5-7-15(8-6-14)25(3)4/h5-10,22H,1-4H3,(H,21,23,24). The van der Waals surface area contributed by atoms with E-state index >= 15 is 0 Å². The Kier molecular flexibility index (Phi) is 4.40. The third-order valence-electron chi connectivity index (χ3n) is 4.10.